The molecule has 19 heavy (non-hydrogen) atoms. The Morgan fingerprint density at radius 2 is 1.84 bits per heavy atom. The molecular weight excluding hydrogens is 308 g/mol. The van der Waals surface area contributed by atoms with Crippen LogP contribution in [-0.2, 0) is 0 Å². The number of fused-ring (bicyclic) bond motifs is 1. The van der Waals surface area contributed by atoms with Crippen molar-refractivity contribution >= 4 is 32.5 Å². The number of benzene rings is 2. The lowest BCUT2D eigenvalue weighted by Gasteiger charge is -2.07. The molecule has 0 bridgehead atoms. The number of nitro benzene ring substituents is 1. The Labute approximate surface area is 117 Å². The van der Waals surface area contributed by atoms with Crippen molar-refractivity contribution in [1.82, 2.24) is 4.57 Å². The number of para-hydroxylation sites is 3. The smallest absolute Gasteiger partial charge is 0.293 e. The number of nitro groups is 1. The monoisotopic (exact) mass is 316 g/mol. The third-order valence-corrected chi connectivity index (χ3v) is 3.64. The number of halogens is 1. The molecule has 0 saturated carbocycles. The van der Waals surface area contributed by atoms with E-state index in [-0.39, 0.29) is 10.6 Å². The van der Waals surface area contributed by atoms with Gasteiger partial charge in [-0.3, -0.25) is 10.1 Å². The molecule has 3 rings (SSSR count). The van der Waals surface area contributed by atoms with Crippen LogP contribution in [0.1, 0.15) is 0 Å². The highest BCUT2D eigenvalue weighted by molar-refractivity contribution is 9.10. The van der Waals surface area contributed by atoms with E-state index in [4.69, 9.17) is 0 Å². The summed E-state index contributed by atoms with van der Waals surface area (Å²) in [6.45, 7) is 0. The topological polar surface area (TPSA) is 48.1 Å². The van der Waals surface area contributed by atoms with Gasteiger partial charge in [-0.25, -0.2) is 0 Å². The Kier molecular flexibility index (Phi) is 2.83. The van der Waals surface area contributed by atoms with Gasteiger partial charge in [-0.15, -0.1) is 0 Å². The number of nitrogens with zero attached hydrogens (tertiary/aromatic N) is 2. The van der Waals surface area contributed by atoms with Crippen LogP contribution < -0.4 is 0 Å². The Balaban J connectivity index is 2.34. The van der Waals surface area contributed by atoms with Crippen LogP contribution in [0, 0.1) is 10.1 Å². The standard InChI is InChI=1S/C14H9BrN2O2/c15-11-5-3-4-10-8-9-16(14(10)11)12-6-1-2-7-13(12)17(18)19/h1-9H. The van der Waals surface area contributed by atoms with Crippen molar-refractivity contribution in [2.24, 2.45) is 0 Å². The first kappa shape index (κ1) is 11.9. The average Bonchev–Trinajstić information content (AvgIpc) is 2.84. The summed E-state index contributed by atoms with van der Waals surface area (Å²) >= 11 is 3.50. The summed E-state index contributed by atoms with van der Waals surface area (Å²) in [6.07, 6.45) is 1.84. The van der Waals surface area contributed by atoms with E-state index in [0.29, 0.717) is 5.69 Å². The van der Waals surface area contributed by atoms with Crippen molar-refractivity contribution in [1.29, 1.82) is 0 Å². The lowest BCUT2D eigenvalue weighted by Crippen LogP contribution is -1.98. The number of hydrogen-bond donors (Lipinski definition) is 0. The van der Waals surface area contributed by atoms with Gasteiger partial charge in [0, 0.05) is 22.1 Å². The SMILES string of the molecule is O=[N+]([O-])c1ccccc1-n1ccc2cccc(Br)c21. The maximum Gasteiger partial charge on any atom is 0.293 e. The molecule has 94 valence electrons. The fourth-order valence-corrected chi connectivity index (χ4v) is 2.75. The minimum atomic E-state index is -0.363. The molecule has 1 aromatic heterocycles. The quantitative estimate of drug-likeness (QED) is 0.522. The Hall–Kier alpha value is -2.14. The lowest BCUT2D eigenvalue weighted by atomic mass is 10.2. The second kappa shape index (κ2) is 4.51. The van der Waals surface area contributed by atoms with E-state index in [1.165, 1.54) is 6.07 Å². The highest BCUT2D eigenvalue weighted by atomic mass is 79.9. The molecule has 0 aliphatic carbocycles. The average molecular weight is 317 g/mol. The first-order valence-electron chi connectivity index (χ1n) is 5.68. The van der Waals surface area contributed by atoms with E-state index in [1.54, 1.807) is 18.2 Å². The van der Waals surface area contributed by atoms with Crippen LogP contribution in [0.25, 0.3) is 16.6 Å². The van der Waals surface area contributed by atoms with Gasteiger partial charge < -0.3 is 4.57 Å². The highest BCUT2D eigenvalue weighted by Crippen LogP contribution is 2.31. The van der Waals surface area contributed by atoms with E-state index in [0.717, 1.165) is 15.4 Å². The summed E-state index contributed by atoms with van der Waals surface area (Å²) in [5, 5.41) is 12.2. The normalized spacial score (nSPS) is 10.8. The molecule has 0 unspecified atom stereocenters. The predicted octanol–water partition coefficient (Wildman–Crippen LogP) is 4.30. The third kappa shape index (κ3) is 1.92. The number of hydrogen-bond acceptors (Lipinski definition) is 2. The molecule has 0 spiro atoms. The van der Waals surface area contributed by atoms with Crippen LogP contribution in [0.3, 0.4) is 0 Å². The maximum atomic E-state index is 11.1. The van der Waals surface area contributed by atoms with Crippen LogP contribution in [0.4, 0.5) is 5.69 Å². The molecule has 0 radical (unpaired) electrons. The zero-order chi connectivity index (χ0) is 13.4. The predicted molar refractivity (Wildman–Crippen MR) is 77.6 cm³/mol. The molecule has 0 aliphatic rings. The second-order valence-corrected chi connectivity index (χ2v) is 4.96. The largest absolute Gasteiger partial charge is 0.310 e. The first-order valence-corrected chi connectivity index (χ1v) is 6.47. The van der Waals surface area contributed by atoms with Crippen LogP contribution >= 0.6 is 15.9 Å². The molecule has 3 aromatic rings. The van der Waals surface area contributed by atoms with Gasteiger partial charge in [0.25, 0.3) is 5.69 Å². The van der Waals surface area contributed by atoms with Gasteiger partial charge >= 0.3 is 0 Å². The van der Waals surface area contributed by atoms with E-state index < -0.39 is 0 Å². The minimum Gasteiger partial charge on any atom is -0.310 e. The van der Waals surface area contributed by atoms with E-state index in [9.17, 15) is 10.1 Å². The van der Waals surface area contributed by atoms with Crippen molar-refractivity contribution < 1.29 is 4.92 Å². The summed E-state index contributed by atoms with van der Waals surface area (Å²) in [4.78, 5) is 10.8. The van der Waals surface area contributed by atoms with E-state index >= 15 is 0 Å². The molecular formula is C14H9BrN2O2. The second-order valence-electron chi connectivity index (χ2n) is 4.11. The first-order chi connectivity index (χ1) is 9.18. The Morgan fingerprint density at radius 1 is 1.05 bits per heavy atom. The van der Waals surface area contributed by atoms with Gasteiger partial charge in [-0.05, 0) is 34.1 Å². The van der Waals surface area contributed by atoms with Gasteiger partial charge in [-0.2, -0.15) is 0 Å². The van der Waals surface area contributed by atoms with Crippen molar-refractivity contribution in [3.05, 3.63) is 69.3 Å². The molecule has 0 N–H and O–H groups in total. The molecule has 0 fully saturated rings. The summed E-state index contributed by atoms with van der Waals surface area (Å²) in [5.41, 5.74) is 1.59. The van der Waals surface area contributed by atoms with Crippen molar-refractivity contribution in [2.45, 2.75) is 0 Å². The fraction of sp³-hybridized carbons (Fsp3) is 0. The minimum absolute atomic E-state index is 0.0933. The van der Waals surface area contributed by atoms with Gasteiger partial charge in [0.1, 0.15) is 5.69 Å². The number of aromatic nitrogens is 1. The zero-order valence-electron chi connectivity index (χ0n) is 9.79. The van der Waals surface area contributed by atoms with Gasteiger partial charge in [0.05, 0.1) is 10.4 Å². The number of rotatable bonds is 2. The van der Waals surface area contributed by atoms with Crippen molar-refractivity contribution in [3.8, 4) is 5.69 Å². The van der Waals surface area contributed by atoms with Crippen molar-refractivity contribution in [3.63, 3.8) is 0 Å². The van der Waals surface area contributed by atoms with Crippen LogP contribution in [0.5, 0.6) is 0 Å². The van der Waals surface area contributed by atoms with Crippen LogP contribution in [0.2, 0.25) is 0 Å². The molecule has 5 heteroatoms. The summed E-state index contributed by atoms with van der Waals surface area (Å²) in [6, 6.07) is 14.5. The van der Waals surface area contributed by atoms with Gasteiger partial charge in [-0.1, -0.05) is 24.3 Å². The molecule has 4 nitrogen and oxygen atoms in total. The lowest BCUT2D eigenvalue weighted by molar-refractivity contribution is -0.384. The molecule has 0 atom stereocenters. The summed E-state index contributed by atoms with van der Waals surface area (Å²) in [7, 11) is 0. The van der Waals surface area contributed by atoms with Gasteiger partial charge in [0.2, 0.25) is 0 Å². The van der Waals surface area contributed by atoms with E-state index in [1.807, 2.05) is 35.0 Å². The highest BCUT2D eigenvalue weighted by Gasteiger charge is 2.16. The Bertz CT molecular complexity index is 780. The Morgan fingerprint density at radius 3 is 2.63 bits per heavy atom. The molecule has 0 saturated heterocycles. The third-order valence-electron chi connectivity index (χ3n) is 3.00. The summed E-state index contributed by atoms with van der Waals surface area (Å²) < 4.78 is 2.74. The molecule has 0 aliphatic heterocycles. The zero-order valence-corrected chi connectivity index (χ0v) is 11.4. The molecule has 2 aromatic carbocycles. The van der Waals surface area contributed by atoms with Crippen LogP contribution in [-0.4, -0.2) is 9.49 Å². The summed E-state index contributed by atoms with van der Waals surface area (Å²) in [5.74, 6) is 0. The maximum absolute atomic E-state index is 11.1. The van der Waals surface area contributed by atoms with Crippen molar-refractivity contribution in [2.75, 3.05) is 0 Å². The molecule has 1 heterocycles. The van der Waals surface area contributed by atoms with Gasteiger partial charge in [0.15, 0.2) is 0 Å². The van der Waals surface area contributed by atoms with Crippen LogP contribution in [0.15, 0.2) is 59.2 Å². The molecule has 0 amide bonds. The van der Waals surface area contributed by atoms with E-state index in [2.05, 4.69) is 15.9 Å². The fourth-order valence-electron chi connectivity index (χ4n) is 2.17.